The Bertz CT molecular complexity index is 1170. The molecule has 0 saturated heterocycles. The molecule has 0 spiro atoms. The highest BCUT2D eigenvalue weighted by Gasteiger charge is 2.14. The van der Waals surface area contributed by atoms with Crippen LogP contribution in [0.2, 0.25) is 5.02 Å². The van der Waals surface area contributed by atoms with Gasteiger partial charge in [0.2, 0.25) is 0 Å². The van der Waals surface area contributed by atoms with Gasteiger partial charge in [-0.25, -0.2) is 4.98 Å². The number of aromatic nitrogens is 2. The van der Waals surface area contributed by atoms with Gasteiger partial charge >= 0.3 is 0 Å². The van der Waals surface area contributed by atoms with Crippen molar-refractivity contribution in [3.8, 4) is 5.75 Å². The Kier molecular flexibility index (Phi) is 5.71. The molecule has 0 N–H and O–H groups in total. The second kappa shape index (κ2) is 8.39. The van der Waals surface area contributed by atoms with Gasteiger partial charge in [-0.3, -0.25) is 9.36 Å². The van der Waals surface area contributed by atoms with Crippen LogP contribution in [0.15, 0.2) is 69.9 Å². The molecule has 28 heavy (non-hydrogen) atoms. The Hall–Kier alpha value is -2.28. The van der Waals surface area contributed by atoms with Crippen molar-refractivity contribution in [2.75, 3.05) is 7.11 Å². The molecule has 0 aliphatic rings. The lowest BCUT2D eigenvalue weighted by Gasteiger charge is -2.13. The Morgan fingerprint density at radius 3 is 2.82 bits per heavy atom. The molecule has 0 aliphatic carbocycles. The Morgan fingerprint density at radius 2 is 2.04 bits per heavy atom. The molecule has 2 heterocycles. The average Bonchev–Trinajstić information content (AvgIpc) is 3.23. The van der Waals surface area contributed by atoms with Crippen LogP contribution in [0.3, 0.4) is 0 Å². The lowest BCUT2D eigenvalue weighted by atomic mass is 10.2. The predicted molar refractivity (Wildman–Crippen MR) is 117 cm³/mol. The second-order valence-electron chi connectivity index (χ2n) is 6.13. The molecule has 7 heteroatoms. The van der Waals surface area contributed by atoms with Gasteiger partial charge in [0.05, 0.1) is 24.6 Å². The third kappa shape index (κ3) is 3.94. The number of methoxy groups -OCH3 is 1. The minimum atomic E-state index is -0.0802. The molecule has 0 amide bonds. The first-order valence-corrected chi connectivity index (χ1v) is 10.9. The van der Waals surface area contributed by atoms with Crippen LogP contribution in [-0.2, 0) is 12.3 Å². The van der Waals surface area contributed by atoms with Crippen molar-refractivity contribution in [3.63, 3.8) is 0 Å². The van der Waals surface area contributed by atoms with Gasteiger partial charge in [0.25, 0.3) is 5.56 Å². The fourth-order valence-electron chi connectivity index (χ4n) is 2.95. The molecule has 4 nitrogen and oxygen atoms in total. The lowest BCUT2D eigenvalue weighted by molar-refractivity contribution is 0.411. The van der Waals surface area contributed by atoms with E-state index >= 15 is 0 Å². The van der Waals surface area contributed by atoms with E-state index in [4.69, 9.17) is 21.3 Å². The van der Waals surface area contributed by atoms with Crippen LogP contribution in [0.5, 0.6) is 5.75 Å². The smallest absolute Gasteiger partial charge is 0.262 e. The van der Waals surface area contributed by atoms with E-state index in [-0.39, 0.29) is 5.56 Å². The van der Waals surface area contributed by atoms with Crippen molar-refractivity contribution < 1.29 is 4.74 Å². The van der Waals surface area contributed by atoms with Crippen LogP contribution in [0.25, 0.3) is 10.9 Å². The zero-order valence-corrected chi connectivity index (χ0v) is 17.5. The maximum absolute atomic E-state index is 13.2. The summed E-state index contributed by atoms with van der Waals surface area (Å²) in [6.07, 6.45) is 0. The highest BCUT2D eigenvalue weighted by Crippen LogP contribution is 2.28. The van der Waals surface area contributed by atoms with Crippen molar-refractivity contribution >= 4 is 45.6 Å². The van der Waals surface area contributed by atoms with Gasteiger partial charge in [0, 0.05) is 21.2 Å². The molecule has 0 fully saturated rings. The predicted octanol–water partition coefficient (Wildman–Crippen LogP) is 5.46. The number of para-hydroxylation sites is 1. The van der Waals surface area contributed by atoms with Crippen LogP contribution < -0.4 is 10.3 Å². The summed E-state index contributed by atoms with van der Waals surface area (Å²) in [5, 5.41) is 3.75. The van der Waals surface area contributed by atoms with Gasteiger partial charge in [-0.1, -0.05) is 47.6 Å². The second-order valence-corrected chi connectivity index (χ2v) is 8.54. The van der Waals surface area contributed by atoms with Gasteiger partial charge in [-0.05, 0) is 35.7 Å². The third-order valence-corrected chi connectivity index (χ3v) is 6.45. The lowest BCUT2D eigenvalue weighted by Crippen LogP contribution is -2.23. The molecule has 4 rings (SSSR count). The largest absolute Gasteiger partial charge is 0.496 e. The van der Waals surface area contributed by atoms with Crippen LogP contribution in [0.4, 0.5) is 0 Å². The number of nitrogens with zero attached hydrogens (tertiary/aromatic N) is 2. The quantitative estimate of drug-likeness (QED) is 0.302. The van der Waals surface area contributed by atoms with E-state index in [0.29, 0.717) is 33.4 Å². The summed E-state index contributed by atoms with van der Waals surface area (Å²) in [7, 11) is 1.66. The summed E-state index contributed by atoms with van der Waals surface area (Å²) in [5.41, 5.74) is 1.63. The molecular weight excluding hydrogens is 412 g/mol. The third-order valence-electron chi connectivity index (χ3n) is 4.32. The van der Waals surface area contributed by atoms with Gasteiger partial charge in [0.15, 0.2) is 5.16 Å². The zero-order valence-electron chi connectivity index (χ0n) is 15.1. The van der Waals surface area contributed by atoms with Crippen molar-refractivity contribution in [1.82, 2.24) is 9.55 Å². The number of fused-ring (bicyclic) bond motifs is 1. The molecule has 0 bridgehead atoms. The van der Waals surface area contributed by atoms with Gasteiger partial charge in [0.1, 0.15) is 5.75 Å². The maximum Gasteiger partial charge on any atom is 0.262 e. The van der Waals surface area contributed by atoms with Gasteiger partial charge < -0.3 is 4.74 Å². The van der Waals surface area contributed by atoms with Crippen molar-refractivity contribution in [1.29, 1.82) is 0 Å². The van der Waals surface area contributed by atoms with E-state index < -0.39 is 0 Å². The number of thioether (sulfide) groups is 1. The molecule has 0 aliphatic heterocycles. The van der Waals surface area contributed by atoms with E-state index in [1.807, 2.05) is 41.8 Å². The molecular formula is C21H17ClN2O2S2. The molecule has 4 aromatic rings. The van der Waals surface area contributed by atoms with Crippen LogP contribution in [-0.4, -0.2) is 16.7 Å². The molecule has 0 atom stereocenters. The first kappa shape index (κ1) is 19.1. The monoisotopic (exact) mass is 428 g/mol. The number of benzene rings is 2. The number of hydrogen-bond acceptors (Lipinski definition) is 5. The normalized spacial score (nSPS) is 11.1. The number of rotatable bonds is 6. The first-order valence-electron chi connectivity index (χ1n) is 8.63. The first-order chi connectivity index (χ1) is 13.7. The fourth-order valence-corrected chi connectivity index (χ4v) is 4.80. The number of hydrogen-bond donors (Lipinski definition) is 0. The number of ether oxygens (including phenoxy) is 1. The summed E-state index contributed by atoms with van der Waals surface area (Å²) in [5.74, 6) is 1.48. The minimum Gasteiger partial charge on any atom is -0.496 e. The van der Waals surface area contributed by atoms with Crippen LogP contribution in [0.1, 0.15) is 10.4 Å². The number of thiophene rings is 1. The van der Waals surface area contributed by atoms with E-state index in [1.165, 1.54) is 11.8 Å². The van der Waals surface area contributed by atoms with Gasteiger partial charge in [-0.2, -0.15) is 0 Å². The minimum absolute atomic E-state index is 0.0802. The van der Waals surface area contributed by atoms with Crippen molar-refractivity contribution in [2.24, 2.45) is 0 Å². The average molecular weight is 429 g/mol. The highest BCUT2D eigenvalue weighted by molar-refractivity contribution is 7.98. The SMILES string of the molecule is COc1ccccc1CSc1nc2ccc(Cl)cc2c(=O)n1Cc1cccs1. The fraction of sp³-hybridized carbons (Fsp3) is 0.143. The maximum atomic E-state index is 13.2. The summed E-state index contributed by atoms with van der Waals surface area (Å²) >= 11 is 9.26. The van der Waals surface area contributed by atoms with E-state index in [0.717, 1.165) is 16.2 Å². The van der Waals surface area contributed by atoms with E-state index in [2.05, 4.69) is 0 Å². The highest BCUT2D eigenvalue weighted by atomic mass is 35.5. The topological polar surface area (TPSA) is 44.1 Å². The Balaban J connectivity index is 1.77. The summed E-state index contributed by atoms with van der Waals surface area (Å²) in [6.45, 7) is 0.486. The molecule has 142 valence electrons. The van der Waals surface area contributed by atoms with E-state index in [1.54, 1.807) is 41.2 Å². The molecule has 0 radical (unpaired) electrons. The Labute approximate surface area is 175 Å². The van der Waals surface area contributed by atoms with Gasteiger partial charge in [-0.15, -0.1) is 11.3 Å². The molecule has 0 unspecified atom stereocenters. The van der Waals surface area contributed by atoms with Crippen molar-refractivity contribution in [2.45, 2.75) is 17.5 Å². The molecule has 2 aromatic carbocycles. The summed E-state index contributed by atoms with van der Waals surface area (Å²) in [4.78, 5) is 19.1. The Morgan fingerprint density at radius 1 is 1.18 bits per heavy atom. The summed E-state index contributed by atoms with van der Waals surface area (Å²) in [6, 6.07) is 17.1. The molecule has 0 saturated carbocycles. The van der Waals surface area contributed by atoms with Crippen LogP contribution >= 0.6 is 34.7 Å². The van der Waals surface area contributed by atoms with Crippen molar-refractivity contribution in [3.05, 3.63) is 85.8 Å². The zero-order chi connectivity index (χ0) is 19.5. The summed E-state index contributed by atoms with van der Waals surface area (Å²) < 4.78 is 7.17. The van der Waals surface area contributed by atoms with E-state index in [9.17, 15) is 4.79 Å². The standard InChI is InChI=1S/C21H17ClN2O2S2/c1-26-19-7-3-2-5-14(19)13-28-21-23-18-9-8-15(22)11-17(18)20(25)24(21)12-16-6-4-10-27-16/h2-11H,12-13H2,1H3. The van der Waals surface area contributed by atoms with Crippen LogP contribution in [0, 0.1) is 0 Å². The molecule has 2 aromatic heterocycles. The number of halogens is 1.